The summed E-state index contributed by atoms with van der Waals surface area (Å²) in [5.41, 5.74) is 1.66. The lowest BCUT2D eigenvalue weighted by Crippen LogP contribution is -2.34. The lowest BCUT2D eigenvalue weighted by molar-refractivity contribution is -0.126. The number of carbonyl (C=O) groups is 2. The average molecular weight is 366 g/mol. The van der Waals surface area contributed by atoms with Crippen molar-refractivity contribution in [2.24, 2.45) is 5.92 Å². The minimum absolute atomic E-state index is 0.0972. The van der Waals surface area contributed by atoms with E-state index in [1.165, 1.54) is 11.0 Å². The number of rotatable bonds is 5. The number of nitrogens with one attached hydrogen (secondary N) is 2. The molecule has 0 bridgehead atoms. The number of carbonyl (C=O) groups excluding carboxylic acids is 2. The Labute approximate surface area is 155 Å². The van der Waals surface area contributed by atoms with Gasteiger partial charge in [0, 0.05) is 19.5 Å². The number of amides is 2. The molecular formula is C20H19FN4O2. The molecule has 1 aromatic heterocycles. The molecule has 2 N–H and O–H groups in total. The molecule has 1 fully saturated rings. The van der Waals surface area contributed by atoms with Gasteiger partial charge in [0.1, 0.15) is 5.82 Å². The first kappa shape index (κ1) is 17.2. The Hall–Kier alpha value is -3.22. The molecule has 0 spiro atoms. The van der Waals surface area contributed by atoms with Crippen molar-refractivity contribution in [3.8, 4) is 0 Å². The Morgan fingerprint density at radius 2 is 2.04 bits per heavy atom. The smallest absolute Gasteiger partial charge is 0.229 e. The molecule has 0 unspecified atom stereocenters. The second-order valence-corrected chi connectivity index (χ2v) is 6.64. The van der Waals surface area contributed by atoms with Gasteiger partial charge in [-0.3, -0.25) is 19.6 Å². The van der Waals surface area contributed by atoms with Gasteiger partial charge in [-0.25, -0.2) is 4.39 Å². The van der Waals surface area contributed by atoms with Crippen LogP contribution < -0.4 is 10.2 Å². The number of hydrogen-bond acceptors (Lipinski definition) is 3. The lowest BCUT2D eigenvalue weighted by Gasteiger charge is -2.14. The van der Waals surface area contributed by atoms with Crippen LogP contribution >= 0.6 is 0 Å². The highest BCUT2D eigenvalue weighted by atomic mass is 19.1. The number of H-pyrrole nitrogens is 1. The van der Waals surface area contributed by atoms with E-state index >= 15 is 0 Å². The van der Waals surface area contributed by atoms with Crippen molar-refractivity contribution in [3.05, 3.63) is 59.9 Å². The molecule has 27 heavy (non-hydrogen) atoms. The number of fused-ring (bicyclic) bond motifs is 1. The number of benzene rings is 2. The molecule has 4 rings (SSSR count). The SMILES string of the molecule is O=C(NCCc1ccccc1)[C@H]1CC(=O)N(c2n[nH]c3cccc(F)c23)C1. The lowest BCUT2D eigenvalue weighted by atomic mass is 10.1. The molecule has 1 saturated heterocycles. The summed E-state index contributed by atoms with van der Waals surface area (Å²) in [6.07, 6.45) is 0.826. The van der Waals surface area contributed by atoms with Crippen molar-refractivity contribution >= 4 is 28.5 Å². The standard InChI is InChI=1S/C20H19FN4O2/c21-15-7-4-8-16-18(15)19(24-23-16)25-12-14(11-17(25)26)20(27)22-10-9-13-5-2-1-3-6-13/h1-8,14H,9-12H2,(H,22,27)(H,23,24)/t14-/m0/s1. The van der Waals surface area contributed by atoms with Crippen molar-refractivity contribution in [2.75, 3.05) is 18.0 Å². The molecular weight excluding hydrogens is 347 g/mol. The quantitative estimate of drug-likeness (QED) is 0.728. The van der Waals surface area contributed by atoms with Crippen molar-refractivity contribution in [1.82, 2.24) is 15.5 Å². The number of anilines is 1. The summed E-state index contributed by atoms with van der Waals surface area (Å²) in [6.45, 7) is 0.706. The van der Waals surface area contributed by atoms with Gasteiger partial charge < -0.3 is 5.32 Å². The minimum atomic E-state index is -0.466. The summed E-state index contributed by atoms with van der Waals surface area (Å²) in [6, 6.07) is 14.5. The summed E-state index contributed by atoms with van der Waals surface area (Å²) in [5, 5.41) is 9.99. The molecule has 3 aromatic rings. The molecule has 0 saturated carbocycles. The van der Waals surface area contributed by atoms with E-state index in [2.05, 4.69) is 15.5 Å². The first-order valence-corrected chi connectivity index (χ1v) is 8.88. The number of aromatic nitrogens is 2. The molecule has 2 aromatic carbocycles. The van der Waals surface area contributed by atoms with Crippen LogP contribution in [0.15, 0.2) is 48.5 Å². The predicted molar refractivity (Wildman–Crippen MR) is 99.7 cm³/mol. The first-order valence-electron chi connectivity index (χ1n) is 8.88. The van der Waals surface area contributed by atoms with Crippen LogP contribution in [0.5, 0.6) is 0 Å². The summed E-state index contributed by atoms with van der Waals surface area (Å²) in [7, 11) is 0. The van der Waals surface area contributed by atoms with E-state index in [0.29, 0.717) is 12.1 Å². The fourth-order valence-electron chi connectivity index (χ4n) is 3.42. The molecule has 7 heteroatoms. The van der Waals surface area contributed by atoms with Crippen LogP contribution in [0, 0.1) is 11.7 Å². The zero-order valence-electron chi connectivity index (χ0n) is 14.6. The second-order valence-electron chi connectivity index (χ2n) is 6.64. The van der Waals surface area contributed by atoms with Crippen molar-refractivity contribution in [2.45, 2.75) is 12.8 Å². The highest BCUT2D eigenvalue weighted by molar-refractivity contribution is 6.05. The molecule has 2 heterocycles. The van der Waals surface area contributed by atoms with Gasteiger partial charge in [-0.2, -0.15) is 5.10 Å². The minimum Gasteiger partial charge on any atom is -0.355 e. The van der Waals surface area contributed by atoms with E-state index in [1.54, 1.807) is 12.1 Å². The molecule has 0 radical (unpaired) electrons. The van der Waals surface area contributed by atoms with Crippen molar-refractivity contribution < 1.29 is 14.0 Å². The maximum Gasteiger partial charge on any atom is 0.229 e. The van der Waals surface area contributed by atoms with Crippen LogP contribution in [0.4, 0.5) is 10.2 Å². The summed E-state index contributed by atoms with van der Waals surface area (Å²) in [4.78, 5) is 26.2. The van der Waals surface area contributed by atoms with Crippen molar-refractivity contribution in [1.29, 1.82) is 0 Å². The second kappa shape index (κ2) is 7.19. The third-order valence-corrected chi connectivity index (χ3v) is 4.83. The highest BCUT2D eigenvalue weighted by Gasteiger charge is 2.37. The Kier molecular flexibility index (Phi) is 4.58. The maximum atomic E-state index is 14.2. The van der Waals surface area contributed by atoms with E-state index in [-0.39, 0.29) is 36.0 Å². The fraction of sp³-hybridized carbons (Fsp3) is 0.250. The summed E-state index contributed by atoms with van der Waals surface area (Å²) < 4.78 is 14.2. The van der Waals surface area contributed by atoms with Gasteiger partial charge in [-0.1, -0.05) is 36.4 Å². The summed E-state index contributed by atoms with van der Waals surface area (Å²) >= 11 is 0. The van der Waals surface area contributed by atoms with E-state index in [0.717, 1.165) is 12.0 Å². The topological polar surface area (TPSA) is 78.1 Å². The number of nitrogens with zero attached hydrogens (tertiary/aromatic N) is 2. The monoisotopic (exact) mass is 366 g/mol. The van der Waals surface area contributed by atoms with Gasteiger partial charge in [0.15, 0.2) is 5.82 Å². The van der Waals surface area contributed by atoms with Crippen LogP contribution in [0.3, 0.4) is 0 Å². The normalized spacial score (nSPS) is 16.9. The van der Waals surface area contributed by atoms with Crippen LogP contribution in [-0.4, -0.2) is 35.1 Å². The van der Waals surface area contributed by atoms with Crippen molar-refractivity contribution in [3.63, 3.8) is 0 Å². The van der Waals surface area contributed by atoms with Gasteiger partial charge in [0.2, 0.25) is 11.8 Å². The molecule has 0 aliphatic carbocycles. The van der Waals surface area contributed by atoms with Gasteiger partial charge in [0.25, 0.3) is 0 Å². The predicted octanol–water partition coefficient (Wildman–Crippen LogP) is 2.41. The third-order valence-electron chi connectivity index (χ3n) is 4.83. The third kappa shape index (κ3) is 3.40. The molecule has 1 atom stereocenters. The average Bonchev–Trinajstić information content (AvgIpc) is 3.27. The van der Waals surface area contributed by atoms with E-state index in [4.69, 9.17) is 0 Å². The Morgan fingerprint density at radius 3 is 2.85 bits per heavy atom. The van der Waals surface area contributed by atoms with Gasteiger partial charge in [0.05, 0.1) is 16.8 Å². The highest BCUT2D eigenvalue weighted by Crippen LogP contribution is 2.31. The van der Waals surface area contributed by atoms with Gasteiger partial charge in [-0.15, -0.1) is 0 Å². The fourth-order valence-corrected chi connectivity index (χ4v) is 3.42. The molecule has 1 aliphatic rings. The number of halogens is 1. The zero-order chi connectivity index (χ0) is 18.8. The van der Waals surface area contributed by atoms with Crippen LogP contribution in [0.1, 0.15) is 12.0 Å². The summed E-state index contributed by atoms with van der Waals surface area (Å²) in [5.74, 6) is -1.06. The van der Waals surface area contributed by atoms with Crippen LogP contribution in [0.25, 0.3) is 10.9 Å². The maximum absolute atomic E-state index is 14.2. The molecule has 1 aliphatic heterocycles. The Morgan fingerprint density at radius 1 is 1.22 bits per heavy atom. The first-order chi connectivity index (χ1) is 13.1. The van der Waals surface area contributed by atoms with Crippen LogP contribution in [-0.2, 0) is 16.0 Å². The largest absolute Gasteiger partial charge is 0.355 e. The van der Waals surface area contributed by atoms with E-state index in [9.17, 15) is 14.0 Å². The Balaban J connectivity index is 1.42. The van der Waals surface area contributed by atoms with Gasteiger partial charge >= 0.3 is 0 Å². The van der Waals surface area contributed by atoms with E-state index in [1.807, 2.05) is 30.3 Å². The molecule has 6 nitrogen and oxygen atoms in total. The number of aromatic amines is 1. The zero-order valence-corrected chi connectivity index (χ0v) is 14.6. The van der Waals surface area contributed by atoms with Gasteiger partial charge in [-0.05, 0) is 24.1 Å². The molecule has 2 amide bonds. The molecule has 138 valence electrons. The Bertz CT molecular complexity index is 986. The van der Waals surface area contributed by atoms with E-state index < -0.39 is 11.7 Å². The number of hydrogen-bond donors (Lipinski definition) is 2. The van der Waals surface area contributed by atoms with Crippen LogP contribution in [0.2, 0.25) is 0 Å².